The van der Waals surface area contributed by atoms with Crippen LogP contribution in [0.1, 0.15) is 40.4 Å². The summed E-state index contributed by atoms with van der Waals surface area (Å²) in [5.41, 5.74) is 4.44. The fourth-order valence-corrected chi connectivity index (χ4v) is 4.66. The van der Waals surface area contributed by atoms with Gasteiger partial charge in [0.25, 0.3) is 5.91 Å². The smallest absolute Gasteiger partial charge is 0.258 e. The van der Waals surface area contributed by atoms with Gasteiger partial charge < -0.3 is 19.7 Å². The third-order valence-electron chi connectivity index (χ3n) is 6.31. The molecule has 0 aliphatic carbocycles. The number of likely N-dealkylation sites (N-methyl/N-ethyl adjacent to an activating group) is 1. The predicted molar refractivity (Wildman–Crippen MR) is 119 cm³/mol. The van der Waals surface area contributed by atoms with E-state index in [4.69, 9.17) is 9.47 Å². The van der Waals surface area contributed by atoms with Crippen molar-refractivity contribution < 1.29 is 14.3 Å². The summed E-state index contributed by atoms with van der Waals surface area (Å²) < 4.78 is 10.8. The number of ether oxygens (including phenoxy) is 2. The van der Waals surface area contributed by atoms with Gasteiger partial charge in [-0.2, -0.15) is 0 Å². The molecule has 2 aromatic carbocycles. The minimum absolute atomic E-state index is 0.161. The van der Waals surface area contributed by atoms with Gasteiger partial charge in [-0.15, -0.1) is 0 Å². The van der Waals surface area contributed by atoms with Gasteiger partial charge in [-0.1, -0.05) is 18.2 Å². The summed E-state index contributed by atoms with van der Waals surface area (Å²) in [5, 5.41) is 3.15. The van der Waals surface area contributed by atoms with Crippen LogP contribution >= 0.6 is 0 Å². The zero-order valence-corrected chi connectivity index (χ0v) is 18.1. The number of anilines is 1. The predicted octanol–water partition coefficient (Wildman–Crippen LogP) is 3.26. The maximum Gasteiger partial charge on any atom is 0.258 e. The summed E-state index contributed by atoms with van der Waals surface area (Å²) in [6.07, 6.45) is 3.49. The number of carbonyl (C=O) groups is 1. The van der Waals surface area contributed by atoms with Crippen LogP contribution < -0.4 is 19.7 Å². The van der Waals surface area contributed by atoms with Crippen LogP contribution in [0.4, 0.5) is 5.69 Å². The molecule has 1 amide bonds. The molecule has 160 valence electrons. The molecule has 1 N–H and O–H groups in total. The average Bonchev–Trinajstić information content (AvgIpc) is 3.43. The Bertz CT molecular complexity index is 886. The number of benzene rings is 2. The van der Waals surface area contributed by atoms with Gasteiger partial charge in [-0.05, 0) is 61.7 Å². The number of nitrogens with one attached hydrogen (secondary N) is 1. The third-order valence-corrected chi connectivity index (χ3v) is 6.31. The molecule has 2 aliphatic rings. The molecular weight excluding hydrogens is 378 g/mol. The maximum atomic E-state index is 13.1. The van der Waals surface area contributed by atoms with E-state index in [2.05, 4.69) is 40.4 Å². The van der Waals surface area contributed by atoms with Crippen LogP contribution in [0.5, 0.6) is 11.5 Å². The lowest BCUT2D eigenvalue weighted by molar-refractivity contribution is 0.0931. The Morgan fingerprint density at radius 2 is 1.77 bits per heavy atom. The normalized spacial score (nSPS) is 17.0. The summed E-state index contributed by atoms with van der Waals surface area (Å²) in [4.78, 5) is 17.9. The number of nitrogens with zero attached hydrogens (tertiary/aromatic N) is 2. The molecule has 2 aromatic rings. The van der Waals surface area contributed by atoms with Gasteiger partial charge in [0.2, 0.25) is 0 Å². The molecule has 0 bridgehead atoms. The largest absolute Gasteiger partial charge is 0.496 e. The van der Waals surface area contributed by atoms with Crippen LogP contribution in [-0.4, -0.2) is 58.3 Å². The van der Waals surface area contributed by atoms with E-state index in [1.165, 1.54) is 29.7 Å². The minimum atomic E-state index is -0.172. The lowest BCUT2D eigenvalue weighted by Gasteiger charge is -2.29. The lowest BCUT2D eigenvalue weighted by Crippen LogP contribution is -2.37. The lowest BCUT2D eigenvalue weighted by atomic mass is 10.0. The van der Waals surface area contributed by atoms with Crippen molar-refractivity contribution >= 4 is 11.6 Å². The number of rotatable bonds is 7. The van der Waals surface area contributed by atoms with Gasteiger partial charge in [-0.25, -0.2) is 0 Å². The topological polar surface area (TPSA) is 54.0 Å². The molecule has 2 heterocycles. The first kappa shape index (κ1) is 20.5. The van der Waals surface area contributed by atoms with Crippen molar-refractivity contribution in [3.05, 3.63) is 53.1 Å². The van der Waals surface area contributed by atoms with Gasteiger partial charge in [0.05, 0.1) is 20.3 Å². The van der Waals surface area contributed by atoms with Crippen molar-refractivity contribution in [3.63, 3.8) is 0 Å². The highest BCUT2D eigenvalue weighted by Crippen LogP contribution is 2.33. The first-order chi connectivity index (χ1) is 14.6. The Morgan fingerprint density at radius 1 is 1.07 bits per heavy atom. The Hall–Kier alpha value is -2.73. The summed E-state index contributed by atoms with van der Waals surface area (Å²) in [6.45, 7) is 3.75. The molecule has 1 atom stereocenters. The van der Waals surface area contributed by atoms with E-state index in [1.807, 2.05) is 6.07 Å². The highest BCUT2D eigenvalue weighted by molar-refractivity contribution is 5.99. The van der Waals surface area contributed by atoms with Crippen molar-refractivity contribution in [2.45, 2.75) is 25.3 Å². The van der Waals surface area contributed by atoms with Crippen LogP contribution in [0.25, 0.3) is 0 Å². The zero-order valence-electron chi connectivity index (χ0n) is 18.1. The molecular formula is C24H31N3O3. The van der Waals surface area contributed by atoms with E-state index < -0.39 is 0 Å². The molecule has 1 fully saturated rings. The van der Waals surface area contributed by atoms with Gasteiger partial charge in [0.1, 0.15) is 17.1 Å². The first-order valence-electron chi connectivity index (χ1n) is 10.7. The first-order valence-corrected chi connectivity index (χ1v) is 10.7. The average molecular weight is 410 g/mol. The van der Waals surface area contributed by atoms with Crippen molar-refractivity contribution in [1.82, 2.24) is 10.2 Å². The number of likely N-dealkylation sites (tertiary alicyclic amines) is 1. The number of fused-ring (bicyclic) bond motifs is 1. The number of hydrogen-bond donors (Lipinski definition) is 1. The zero-order chi connectivity index (χ0) is 21.1. The number of carbonyl (C=O) groups excluding carboxylic acids is 1. The van der Waals surface area contributed by atoms with Crippen molar-refractivity contribution in [2.75, 3.05) is 52.3 Å². The molecule has 0 aromatic heterocycles. The fourth-order valence-electron chi connectivity index (χ4n) is 4.66. The monoisotopic (exact) mass is 409 g/mol. The van der Waals surface area contributed by atoms with Crippen LogP contribution in [-0.2, 0) is 6.42 Å². The van der Waals surface area contributed by atoms with E-state index in [-0.39, 0.29) is 11.9 Å². The van der Waals surface area contributed by atoms with E-state index in [1.54, 1.807) is 26.4 Å². The quantitative estimate of drug-likeness (QED) is 0.761. The van der Waals surface area contributed by atoms with Gasteiger partial charge in [0, 0.05) is 25.8 Å². The van der Waals surface area contributed by atoms with Gasteiger partial charge in [-0.3, -0.25) is 9.69 Å². The van der Waals surface area contributed by atoms with Crippen LogP contribution in [0.3, 0.4) is 0 Å². The SMILES string of the molecule is COc1cccc(OC)c1C(=O)NC[C@H](c1ccc2c(c1)CCN2C)N1CCCC1. The Balaban J connectivity index is 1.56. The second kappa shape index (κ2) is 8.96. The van der Waals surface area contributed by atoms with E-state index in [0.29, 0.717) is 23.6 Å². The highest BCUT2D eigenvalue weighted by atomic mass is 16.5. The summed E-state index contributed by atoms with van der Waals surface area (Å²) in [6, 6.07) is 12.3. The fraction of sp³-hybridized carbons (Fsp3) is 0.458. The minimum Gasteiger partial charge on any atom is -0.496 e. The molecule has 30 heavy (non-hydrogen) atoms. The summed E-state index contributed by atoms with van der Waals surface area (Å²) in [7, 11) is 5.28. The Labute approximate surface area is 178 Å². The molecule has 0 unspecified atom stereocenters. The van der Waals surface area contributed by atoms with Crippen molar-refractivity contribution in [3.8, 4) is 11.5 Å². The Morgan fingerprint density at radius 3 is 2.43 bits per heavy atom. The standard InChI is InChI=1S/C24H31N3O3/c1-26-14-11-18-15-17(9-10-19(18)26)20(27-12-4-5-13-27)16-25-24(28)23-21(29-2)7-6-8-22(23)30-3/h6-10,15,20H,4-5,11-14,16H2,1-3H3,(H,25,28)/t20-/m1/s1. The van der Waals surface area contributed by atoms with Gasteiger partial charge >= 0.3 is 0 Å². The summed E-state index contributed by atoms with van der Waals surface area (Å²) >= 11 is 0. The van der Waals surface area contributed by atoms with E-state index >= 15 is 0 Å². The van der Waals surface area contributed by atoms with Crippen LogP contribution in [0, 0.1) is 0 Å². The van der Waals surface area contributed by atoms with Crippen LogP contribution in [0.2, 0.25) is 0 Å². The third kappa shape index (κ3) is 3.97. The molecule has 1 saturated heterocycles. The number of amides is 1. The molecule has 6 heteroatoms. The van der Waals surface area contributed by atoms with Crippen LogP contribution in [0.15, 0.2) is 36.4 Å². The molecule has 0 radical (unpaired) electrons. The highest BCUT2D eigenvalue weighted by Gasteiger charge is 2.27. The van der Waals surface area contributed by atoms with E-state index in [9.17, 15) is 4.79 Å². The number of methoxy groups -OCH3 is 2. The molecule has 0 saturated carbocycles. The molecule has 0 spiro atoms. The second-order valence-corrected chi connectivity index (χ2v) is 8.07. The van der Waals surface area contributed by atoms with Crippen molar-refractivity contribution in [1.29, 1.82) is 0 Å². The van der Waals surface area contributed by atoms with Gasteiger partial charge in [0.15, 0.2) is 0 Å². The second-order valence-electron chi connectivity index (χ2n) is 8.07. The molecule has 6 nitrogen and oxygen atoms in total. The number of hydrogen-bond acceptors (Lipinski definition) is 5. The Kier molecular flexibility index (Phi) is 6.13. The molecule has 4 rings (SSSR count). The maximum absolute atomic E-state index is 13.1. The molecule has 2 aliphatic heterocycles. The van der Waals surface area contributed by atoms with Crippen molar-refractivity contribution in [2.24, 2.45) is 0 Å². The van der Waals surface area contributed by atoms with E-state index in [0.717, 1.165) is 26.1 Å². The summed E-state index contributed by atoms with van der Waals surface area (Å²) in [5.74, 6) is 0.865.